The first-order chi connectivity index (χ1) is 10.3. The molecule has 0 unspecified atom stereocenters. The second-order valence-corrected chi connectivity index (χ2v) is 5.31. The summed E-state index contributed by atoms with van der Waals surface area (Å²) in [7, 11) is 1.64. The molecule has 1 fully saturated rings. The van der Waals surface area contributed by atoms with Gasteiger partial charge in [0.1, 0.15) is 0 Å². The predicted octanol–water partition coefficient (Wildman–Crippen LogP) is 1.85. The number of anilines is 2. The van der Waals surface area contributed by atoms with Gasteiger partial charge in [-0.15, -0.1) is 0 Å². The van der Waals surface area contributed by atoms with E-state index >= 15 is 0 Å². The normalized spacial score (nSPS) is 15.0. The highest BCUT2D eigenvalue weighted by Crippen LogP contribution is 2.21. The van der Waals surface area contributed by atoms with Crippen LogP contribution in [-0.2, 0) is 9.53 Å². The fourth-order valence-corrected chi connectivity index (χ4v) is 2.49. The van der Waals surface area contributed by atoms with Gasteiger partial charge in [-0.3, -0.25) is 4.79 Å². The fourth-order valence-electron chi connectivity index (χ4n) is 2.49. The van der Waals surface area contributed by atoms with Crippen LogP contribution in [0.1, 0.15) is 19.3 Å². The van der Waals surface area contributed by atoms with E-state index in [0.29, 0.717) is 19.7 Å². The van der Waals surface area contributed by atoms with E-state index < -0.39 is 0 Å². The molecule has 5 nitrogen and oxygen atoms in total. The number of rotatable bonds is 7. The zero-order valence-electron chi connectivity index (χ0n) is 12.7. The molecule has 1 aromatic rings. The Morgan fingerprint density at radius 1 is 1.19 bits per heavy atom. The highest BCUT2D eigenvalue weighted by atomic mass is 16.5. The molecule has 0 bridgehead atoms. The zero-order chi connectivity index (χ0) is 14.9. The minimum absolute atomic E-state index is 0.0307. The van der Waals surface area contributed by atoms with Gasteiger partial charge in [-0.05, 0) is 43.5 Å². The molecule has 0 aliphatic carbocycles. The largest absolute Gasteiger partial charge is 0.383 e. The molecule has 1 aromatic carbocycles. The summed E-state index contributed by atoms with van der Waals surface area (Å²) in [6.07, 6.45) is 3.87. The summed E-state index contributed by atoms with van der Waals surface area (Å²) >= 11 is 0. The molecule has 2 N–H and O–H groups in total. The molecular weight excluding hydrogens is 266 g/mol. The summed E-state index contributed by atoms with van der Waals surface area (Å²) < 4.78 is 4.91. The lowest BCUT2D eigenvalue weighted by Crippen LogP contribution is -2.30. The number of nitrogens with zero attached hydrogens (tertiary/aromatic N) is 1. The first-order valence-electron chi connectivity index (χ1n) is 7.64. The minimum atomic E-state index is -0.0307. The first-order valence-corrected chi connectivity index (χ1v) is 7.64. The maximum atomic E-state index is 11.7. The van der Waals surface area contributed by atoms with Crippen molar-refractivity contribution in [1.29, 1.82) is 0 Å². The Bertz CT molecular complexity index is 428. The molecule has 5 heteroatoms. The lowest BCUT2D eigenvalue weighted by Gasteiger charge is -2.28. The van der Waals surface area contributed by atoms with E-state index in [2.05, 4.69) is 27.7 Å². The molecule has 0 saturated carbocycles. The SMILES string of the molecule is COCCNCC(=O)Nc1ccc(N2CCCCC2)cc1. The van der Waals surface area contributed by atoms with Crippen LogP contribution in [0.25, 0.3) is 0 Å². The average molecular weight is 291 g/mol. The number of amides is 1. The van der Waals surface area contributed by atoms with E-state index in [4.69, 9.17) is 4.74 Å². The van der Waals surface area contributed by atoms with Crippen molar-refractivity contribution in [3.8, 4) is 0 Å². The minimum Gasteiger partial charge on any atom is -0.383 e. The number of hydrogen-bond donors (Lipinski definition) is 2. The number of carbonyl (C=O) groups excluding carboxylic acids is 1. The Labute approximate surface area is 126 Å². The van der Waals surface area contributed by atoms with E-state index in [-0.39, 0.29) is 5.91 Å². The van der Waals surface area contributed by atoms with Crippen LogP contribution in [0.4, 0.5) is 11.4 Å². The van der Waals surface area contributed by atoms with Gasteiger partial charge in [-0.25, -0.2) is 0 Å². The van der Waals surface area contributed by atoms with Gasteiger partial charge in [-0.2, -0.15) is 0 Å². The second kappa shape index (κ2) is 8.64. The van der Waals surface area contributed by atoms with Crippen molar-refractivity contribution in [3.05, 3.63) is 24.3 Å². The maximum Gasteiger partial charge on any atom is 0.238 e. The van der Waals surface area contributed by atoms with Crippen molar-refractivity contribution in [2.75, 3.05) is 50.1 Å². The maximum absolute atomic E-state index is 11.7. The molecule has 116 valence electrons. The Kier molecular flexibility index (Phi) is 6.50. The van der Waals surface area contributed by atoms with Crippen molar-refractivity contribution in [2.24, 2.45) is 0 Å². The quantitative estimate of drug-likeness (QED) is 0.753. The lowest BCUT2D eigenvalue weighted by molar-refractivity contribution is -0.115. The number of carbonyl (C=O) groups is 1. The van der Waals surface area contributed by atoms with Gasteiger partial charge in [0, 0.05) is 38.1 Å². The molecule has 1 heterocycles. The molecule has 1 saturated heterocycles. The standard InChI is InChI=1S/C16H25N3O2/c1-21-12-9-17-13-16(20)18-14-5-7-15(8-6-14)19-10-3-2-4-11-19/h5-8,17H,2-4,9-13H2,1H3,(H,18,20). The number of nitrogens with one attached hydrogen (secondary N) is 2. The number of ether oxygens (including phenoxy) is 1. The number of methoxy groups -OCH3 is 1. The molecule has 1 amide bonds. The fraction of sp³-hybridized carbons (Fsp3) is 0.562. The van der Waals surface area contributed by atoms with Crippen molar-refractivity contribution in [1.82, 2.24) is 5.32 Å². The molecule has 0 aromatic heterocycles. The van der Waals surface area contributed by atoms with Gasteiger partial charge in [0.05, 0.1) is 13.2 Å². The third-order valence-electron chi connectivity index (χ3n) is 3.64. The lowest BCUT2D eigenvalue weighted by atomic mass is 10.1. The van der Waals surface area contributed by atoms with Crippen LogP contribution < -0.4 is 15.5 Å². The Morgan fingerprint density at radius 2 is 1.90 bits per heavy atom. The summed E-state index contributed by atoms with van der Waals surface area (Å²) in [5, 5.41) is 5.91. The molecule has 21 heavy (non-hydrogen) atoms. The van der Waals surface area contributed by atoms with Crippen LogP contribution in [0.5, 0.6) is 0 Å². The number of piperidine rings is 1. The van der Waals surface area contributed by atoms with Crippen molar-refractivity contribution in [3.63, 3.8) is 0 Å². The van der Waals surface area contributed by atoms with Crippen molar-refractivity contribution >= 4 is 17.3 Å². The van der Waals surface area contributed by atoms with Crippen LogP contribution in [0, 0.1) is 0 Å². The molecular formula is C16H25N3O2. The summed E-state index contributed by atoms with van der Waals surface area (Å²) in [6.45, 7) is 3.86. The third kappa shape index (κ3) is 5.36. The Morgan fingerprint density at radius 3 is 2.57 bits per heavy atom. The average Bonchev–Trinajstić information content (AvgIpc) is 2.53. The van der Waals surface area contributed by atoms with Crippen molar-refractivity contribution < 1.29 is 9.53 Å². The second-order valence-electron chi connectivity index (χ2n) is 5.31. The summed E-state index contributed by atoms with van der Waals surface area (Å²) in [6, 6.07) is 8.10. The number of benzene rings is 1. The molecule has 2 rings (SSSR count). The summed E-state index contributed by atoms with van der Waals surface area (Å²) in [4.78, 5) is 14.1. The number of hydrogen-bond acceptors (Lipinski definition) is 4. The Hall–Kier alpha value is -1.59. The zero-order valence-corrected chi connectivity index (χ0v) is 12.7. The van der Waals surface area contributed by atoms with Crippen LogP contribution in [0.15, 0.2) is 24.3 Å². The van der Waals surface area contributed by atoms with Crippen LogP contribution >= 0.6 is 0 Å². The van der Waals surface area contributed by atoms with Crippen molar-refractivity contribution in [2.45, 2.75) is 19.3 Å². The highest BCUT2D eigenvalue weighted by Gasteiger charge is 2.10. The smallest absolute Gasteiger partial charge is 0.238 e. The molecule has 0 atom stereocenters. The topological polar surface area (TPSA) is 53.6 Å². The molecule has 1 aliphatic rings. The van der Waals surface area contributed by atoms with Gasteiger partial charge in [-0.1, -0.05) is 0 Å². The highest BCUT2D eigenvalue weighted by molar-refractivity contribution is 5.92. The molecule has 1 aliphatic heterocycles. The monoisotopic (exact) mass is 291 g/mol. The van der Waals surface area contributed by atoms with E-state index in [0.717, 1.165) is 18.8 Å². The predicted molar refractivity (Wildman–Crippen MR) is 85.9 cm³/mol. The molecule has 0 radical (unpaired) electrons. The first kappa shape index (κ1) is 15.8. The van der Waals surface area contributed by atoms with E-state index in [1.54, 1.807) is 7.11 Å². The van der Waals surface area contributed by atoms with Gasteiger partial charge in [0.25, 0.3) is 0 Å². The van der Waals surface area contributed by atoms with Crippen LogP contribution in [0.3, 0.4) is 0 Å². The van der Waals surface area contributed by atoms with Crippen LogP contribution in [-0.4, -0.2) is 45.8 Å². The van der Waals surface area contributed by atoms with E-state index in [9.17, 15) is 4.79 Å². The van der Waals surface area contributed by atoms with Gasteiger partial charge < -0.3 is 20.3 Å². The third-order valence-corrected chi connectivity index (χ3v) is 3.64. The summed E-state index contributed by atoms with van der Waals surface area (Å²) in [5.74, 6) is -0.0307. The van der Waals surface area contributed by atoms with E-state index in [1.807, 2.05) is 12.1 Å². The Balaban J connectivity index is 1.77. The van der Waals surface area contributed by atoms with Gasteiger partial charge >= 0.3 is 0 Å². The van der Waals surface area contributed by atoms with Gasteiger partial charge in [0.15, 0.2) is 0 Å². The van der Waals surface area contributed by atoms with Crippen LogP contribution in [0.2, 0.25) is 0 Å². The molecule has 0 spiro atoms. The summed E-state index contributed by atoms with van der Waals surface area (Å²) in [5.41, 5.74) is 2.08. The van der Waals surface area contributed by atoms with Gasteiger partial charge in [0.2, 0.25) is 5.91 Å². The van der Waals surface area contributed by atoms with E-state index in [1.165, 1.54) is 24.9 Å².